The number of hydrogen-bond acceptors (Lipinski definition) is 8. The summed E-state index contributed by atoms with van der Waals surface area (Å²) in [5.74, 6) is 0.896. The number of hydrogen-bond donors (Lipinski definition) is 3. The van der Waals surface area contributed by atoms with Gasteiger partial charge in [-0.15, -0.1) is 11.3 Å². The molecule has 1 fully saturated rings. The molecule has 6 rings (SSSR count). The van der Waals surface area contributed by atoms with Gasteiger partial charge in [-0.25, -0.2) is 8.78 Å². The summed E-state index contributed by atoms with van der Waals surface area (Å²) in [4.78, 5) is 18.3. The van der Waals surface area contributed by atoms with Gasteiger partial charge in [-0.1, -0.05) is 0 Å². The number of nitrogens with zero attached hydrogens (tertiary/aromatic N) is 1. The zero-order valence-electron chi connectivity index (χ0n) is 23.4. The number of fused-ring (bicyclic) bond motifs is 1. The van der Waals surface area contributed by atoms with E-state index in [2.05, 4.69) is 20.9 Å². The number of nitrogens with one attached hydrogen (secondary N) is 3. The van der Waals surface area contributed by atoms with Crippen LogP contribution in [-0.2, 0) is 16.1 Å². The molecule has 0 radical (unpaired) electrons. The van der Waals surface area contributed by atoms with Crippen LogP contribution in [0.1, 0.15) is 18.6 Å². The molecular formula is C32H30F2N4O4S. The summed E-state index contributed by atoms with van der Waals surface area (Å²) in [6.45, 7) is 2.33. The molecule has 222 valence electrons. The number of furan rings is 1. The van der Waals surface area contributed by atoms with Gasteiger partial charge >= 0.3 is 0 Å². The molecule has 1 aliphatic rings. The number of anilines is 2. The molecule has 8 nitrogen and oxygen atoms in total. The molecule has 1 amide bonds. The van der Waals surface area contributed by atoms with Crippen LogP contribution in [0.4, 0.5) is 20.2 Å². The van der Waals surface area contributed by atoms with Crippen molar-refractivity contribution >= 4 is 38.8 Å². The van der Waals surface area contributed by atoms with E-state index in [1.54, 1.807) is 37.6 Å². The highest BCUT2D eigenvalue weighted by molar-refractivity contribution is 7.22. The molecule has 0 saturated heterocycles. The summed E-state index contributed by atoms with van der Waals surface area (Å²) in [7, 11) is 1.66. The molecule has 3 N–H and O–H groups in total. The summed E-state index contributed by atoms with van der Waals surface area (Å²) < 4.78 is 46.1. The number of ether oxygens (including phenoxy) is 2. The van der Waals surface area contributed by atoms with Crippen LogP contribution >= 0.6 is 11.3 Å². The second-order valence-corrected chi connectivity index (χ2v) is 11.5. The Morgan fingerprint density at radius 2 is 1.84 bits per heavy atom. The number of aromatic nitrogens is 1. The highest BCUT2D eigenvalue weighted by atomic mass is 32.1. The van der Waals surface area contributed by atoms with Gasteiger partial charge in [-0.3, -0.25) is 9.78 Å². The zero-order chi connectivity index (χ0) is 29.8. The fourth-order valence-electron chi connectivity index (χ4n) is 4.63. The summed E-state index contributed by atoms with van der Waals surface area (Å²) in [6.07, 6.45) is 3.04. The number of benzene rings is 2. The van der Waals surface area contributed by atoms with E-state index in [1.165, 1.54) is 35.6 Å². The van der Waals surface area contributed by atoms with E-state index < -0.39 is 11.2 Å². The largest absolute Gasteiger partial charge is 0.459 e. The third kappa shape index (κ3) is 6.69. The Balaban J connectivity index is 1.11. The van der Waals surface area contributed by atoms with Crippen molar-refractivity contribution in [2.75, 3.05) is 37.4 Å². The van der Waals surface area contributed by atoms with Crippen LogP contribution in [0.5, 0.6) is 11.5 Å². The van der Waals surface area contributed by atoms with Crippen LogP contribution in [0.2, 0.25) is 0 Å². The summed E-state index contributed by atoms with van der Waals surface area (Å²) in [6, 6.07) is 17.8. The molecule has 1 saturated carbocycles. The van der Waals surface area contributed by atoms with Crippen LogP contribution in [-0.4, -0.2) is 37.7 Å². The van der Waals surface area contributed by atoms with Gasteiger partial charge in [0.1, 0.15) is 23.1 Å². The van der Waals surface area contributed by atoms with Gasteiger partial charge in [0.25, 0.3) is 0 Å². The fourth-order valence-corrected chi connectivity index (χ4v) is 5.65. The second kappa shape index (κ2) is 12.5. The molecule has 11 heteroatoms. The SMILES string of the molecule is COCCNCc1ccc(-c2cc3nccc(Oc4ccc(NC(=O)C5(CNc6ccc(F)cc6)CC5)cc4F)c3s2)o1. The number of methoxy groups -OCH3 is 1. The Labute approximate surface area is 251 Å². The first-order chi connectivity index (χ1) is 20.9. The Morgan fingerprint density at radius 3 is 2.60 bits per heavy atom. The first-order valence-corrected chi connectivity index (χ1v) is 14.7. The van der Waals surface area contributed by atoms with E-state index in [1.807, 2.05) is 18.2 Å². The maximum absolute atomic E-state index is 15.2. The van der Waals surface area contributed by atoms with Gasteiger partial charge in [-0.05, 0) is 67.4 Å². The van der Waals surface area contributed by atoms with Gasteiger partial charge in [0.15, 0.2) is 11.6 Å². The number of thiophene rings is 1. The maximum Gasteiger partial charge on any atom is 0.232 e. The molecule has 0 spiro atoms. The van der Waals surface area contributed by atoms with Crippen LogP contribution in [0.25, 0.3) is 20.9 Å². The normalized spacial score (nSPS) is 13.7. The molecule has 43 heavy (non-hydrogen) atoms. The van der Waals surface area contributed by atoms with Crippen LogP contribution in [0.3, 0.4) is 0 Å². The Hall–Kier alpha value is -4.32. The first kappa shape index (κ1) is 28.8. The topological polar surface area (TPSA) is 97.6 Å². The Bertz CT molecular complexity index is 1730. The minimum Gasteiger partial charge on any atom is -0.459 e. The number of amides is 1. The number of pyridine rings is 1. The van der Waals surface area contributed by atoms with E-state index in [0.717, 1.165) is 27.6 Å². The summed E-state index contributed by atoms with van der Waals surface area (Å²) in [5, 5.41) is 9.27. The zero-order valence-corrected chi connectivity index (χ0v) is 24.2. The quantitative estimate of drug-likeness (QED) is 0.122. The lowest BCUT2D eigenvalue weighted by Gasteiger charge is -2.17. The fraction of sp³-hybridized carbons (Fsp3) is 0.250. The van der Waals surface area contributed by atoms with Gasteiger partial charge in [0, 0.05) is 49.9 Å². The van der Waals surface area contributed by atoms with Gasteiger partial charge in [-0.2, -0.15) is 0 Å². The standard InChI is InChI=1S/C32H30F2N4O4S/c1-40-15-14-35-18-23-7-9-27(41-23)29-17-25-30(43-29)28(10-13-36-25)42-26-8-6-22(16-24(26)34)38-31(39)32(11-12-32)19-37-21-4-2-20(33)3-5-21/h2-10,13,16-17,35,37H,11-12,14-15,18-19H2,1H3,(H,38,39). The average molecular weight is 605 g/mol. The summed E-state index contributed by atoms with van der Waals surface area (Å²) >= 11 is 1.45. The lowest BCUT2D eigenvalue weighted by Crippen LogP contribution is -2.30. The first-order valence-electron chi connectivity index (χ1n) is 13.9. The highest BCUT2D eigenvalue weighted by Crippen LogP contribution is 2.47. The van der Waals surface area contributed by atoms with Crippen molar-refractivity contribution in [3.05, 3.63) is 90.3 Å². The van der Waals surface area contributed by atoms with Crippen molar-refractivity contribution in [3.63, 3.8) is 0 Å². The Morgan fingerprint density at radius 1 is 1.02 bits per heavy atom. The van der Waals surface area contributed by atoms with Crippen molar-refractivity contribution in [2.24, 2.45) is 5.41 Å². The minimum absolute atomic E-state index is 0.0296. The van der Waals surface area contributed by atoms with E-state index in [4.69, 9.17) is 13.9 Å². The summed E-state index contributed by atoms with van der Waals surface area (Å²) in [5.41, 5.74) is 1.19. The smallest absolute Gasteiger partial charge is 0.232 e. The molecule has 0 unspecified atom stereocenters. The number of rotatable bonds is 13. The van der Waals surface area contributed by atoms with Crippen molar-refractivity contribution < 1.29 is 27.5 Å². The highest BCUT2D eigenvalue weighted by Gasteiger charge is 2.49. The second-order valence-electron chi connectivity index (χ2n) is 10.4. The van der Waals surface area contributed by atoms with Crippen molar-refractivity contribution in [1.82, 2.24) is 10.3 Å². The van der Waals surface area contributed by atoms with E-state index >= 15 is 4.39 Å². The maximum atomic E-state index is 15.2. The van der Waals surface area contributed by atoms with Gasteiger partial charge in [0.05, 0.1) is 33.7 Å². The van der Waals surface area contributed by atoms with Crippen LogP contribution in [0.15, 0.2) is 77.3 Å². The van der Waals surface area contributed by atoms with Crippen molar-refractivity contribution in [2.45, 2.75) is 19.4 Å². The monoisotopic (exact) mass is 604 g/mol. The van der Waals surface area contributed by atoms with Crippen LogP contribution in [0, 0.1) is 17.0 Å². The molecule has 5 aromatic rings. The third-order valence-corrected chi connectivity index (χ3v) is 8.44. The molecule has 3 aromatic heterocycles. The Kier molecular flexibility index (Phi) is 8.37. The number of carbonyl (C=O) groups excluding carboxylic acids is 1. The van der Waals surface area contributed by atoms with E-state index in [-0.39, 0.29) is 17.5 Å². The van der Waals surface area contributed by atoms with Gasteiger partial charge in [0.2, 0.25) is 5.91 Å². The van der Waals surface area contributed by atoms with E-state index in [0.29, 0.717) is 55.3 Å². The molecule has 0 atom stereocenters. The molecular weight excluding hydrogens is 574 g/mol. The minimum atomic E-state index is -0.606. The molecule has 3 heterocycles. The molecule has 0 bridgehead atoms. The molecule has 0 aliphatic heterocycles. The molecule has 1 aliphatic carbocycles. The predicted octanol–water partition coefficient (Wildman–Crippen LogP) is 7.19. The molecule has 2 aromatic carbocycles. The lowest BCUT2D eigenvalue weighted by atomic mass is 10.1. The van der Waals surface area contributed by atoms with E-state index in [9.17, 15) is 9.18 Å². The lowest BCUT2D eigenvalue weighted by molar-refractivity contribution is -0.120. The predicted molar refractivity (Wildman–Crippen MR) is 163 cm³/mol. The average Bonchev–Trinajstić information content (AvgIpc) is 3.43. The van der Waals surface area contributed by atoms with Gasteiger partial charge < -0.3 is 29.8 Å². The third-order valence-electron chi connectivity index (χ3n) is 7.28. The van der Waals surface area contributed by atoms with Crippen molar-refractivity contribution in [1.29, 1.82) is 0 Å². The number of halogens is 2. The van der Waals surface area contributed by atoms with Crippen molar-refractivity contribution in [3.8, 4) is 22.1 Å². The van der Waals surface area contributed by atoms with Crippen LogP contribution < -0.4 is 20.7 Å². The number of carbonyl (C=O) groups is 1.